The van der Waals surface area contributed by atoms with Gasteiger partial charge in [0.15, 0.2) is 0 Å². The van der Waals surface area contributed by atoms with Crippen molar-refractivity contribution in [1.29, 1.82) is 0 Å². The summed E-state index contributed by atoms with van der Waals surface area (Å²) in [6.07, 6.45) is 9.32. The summed E-state index contributed by atoms with van der Waals surface area (Å²) in [5.41, 5.74) is 3.51. The smallest absolute Gasteiger partial charge is 0.119 e. The van der Waals surface area contributed by atoms with Gasteiger partial charge in [-0.3, -0.25) is 0 Å². The maximum absolute atomic E-state index is 6.24. The van der Waals surface area contributed by atoms with Gasteiger partial charge in [-0.2, -0.15) is 0 Å². The van der Waals surface area contributed by atoms with Crippen LogP contribution in [0, 0.1) is 17.3 Å². The minimum atomic E-state index is 0.379. The SMILES string of the molecule is C=C(C)OC1CC[C@H]2[C@@H]3CCc4cc(OC)ccc4[C@H]3CC[C@]12CC. The third kappa shape index (κ3) is 2.60. The Balaban J connectivity index is 1.64. The quantitative estimate of drug-likeness (QED) is 0.639. The highest BCUT2D eigenvalue weighted by molar-refractivity contribution is 5.40. The summed E-state index contributed by atoms with van der Waals surface area (Å²) in [6.45, 7) is 8.41. The van der Waals surface area contributed by atoms with Crippen LogP contribution in [-0.2, 0) is 11.2 Å². The fourth-order valence-electron chi connectivity index (χ4n) is 6.53. The molecule has 2 fully saturated rings. The first-order valence-corrected chi connectivity index (χ1v) is 10.1. The van der Waals surface area contributed by atoms with Crippen molar-refractivity contribution in [2.24, 2.45) is 17.3 Å². The molecule has 1 aromatic rings. The van der Waals surface area contributed by atoms with Crippen LogP contribution in [0.3, 0.4) is 0 Å². The van der Waals surface area contributed by atoms with Gasteiger partial charge < -0.3 is 9.47 Å². The van der Waals surface area contributed by atoms with E-state index in [1.54, 1.807) is 12.7 Å². The van der Waals surface area contributed by atoms with Crippen molar-refractivity contribution in [2.75, 3.05) is 7.11 Å². The van der Waals surface area contributed by atoms with Crippen molar-refractivity contribution in [2.45, 2.75) is 70.8 Å². The number of ether oxygens (including phenoxy) is 2. The Kier molecular flexibility index (Phi) is 4.33. The fraction of sp³-hybridized carbons (Fsp3) is 0.652. The van der Waals surface area contributed by atoms with Gasteiger partial charge in [-0.25, -0.2) is 0 Å². The molecule has 0 bridgehead atoms. The summed E-state index contributed by atoms with van der Waals surface area (Å²) < 4.78 is 11.7. The van der Waals surface area contributed by atoms with Gasteiger partial charge in [0, 0.05) is 5.41 Å². The highest BCUT2D eigenvalue weighted by Gasteiger charge is 2.57. The molecule has 2 heteroatoms. The van der Waals surface area contributed by atoms with Crippen LogP contribution >= 0.6 is 0 Å². The molecule has 0 radical (unpaired) electrons. The summed E-state index contributed by atoms with van der Waals surface area (Å²) in [4.78, 5) is 0. The number of benzene rings is 1. The van der Waals surface area contributed by atoms with Crippen LogP contribution < -0.4 is 4.74 Å². The van der Waals surface area contributed by atoms with Crippen LogP contribution in [0.2, 0.25) is 0 Å². The van der Waals surface area contributed by atoms with Gasteiger partial charge in [0.1, 0.15) is 11.9 Å². The monoisotopic (exact) mass is 340 g/mol. The lowest BCUT2D eigenvalue weighted by molar-refractivity contribution is -0.0531. The molecule has 1 unspecified atom stereocenters. The molecular weight excluding hydrogens is 308 g/mol. The Morgan fingerprint density at radius 2 is 2.08 bits per heavy atom. The Labute approximate surface area is 152 Å². The lowest BCUT2D eigenvalue weighted by atomic mass is 9.54. The van der Waals surface area contributed by atoms with Gasteiger partial charge in [-0.05, 0) is 92.9 Å². The number of aryl methyl sites for hydroxylation is 1. The second-order valence-corrected chi connectivity index (χ2v) is 8.49. The number of rotatable bonds is 4. The normalized spacial score (nSPS) is 36.1. The summed E-state index contributed by atoms with van der Waals surface area (Å²) >= 11 is 0. The summed E-state index contributed by atoms with van der Waals surface area (Å²) in [6, 6.07) is 6.78. The number of methoxy groups -OCH3 is 1. The van der Waals surface area contributed by atoms with E-state index in [9.17, 15) is 0 Å². The van der Waals surface area contributed by atoms with E-state index in [-0.39, 0.29) is 0 Å². The topological polar surface area (TPSA) is 18.5 Å². The van der Waals surface area contributed by atoms with E-state index in [4.69, 9.17) is 9.47 Å². The molecular formula is C23H32O2. The van der Waals surface area contributed by atoms with Gasteiger partial charge in [-0.1, -0.05) is 19.6 Å². The first kappa shape index (κ1) is 17.0. The van der Waals surface area contributed by atoms with Crippen LogP contribution in [0.15, 0.2) is 30.5 Å². The third-order valence-electron chi connectivity index (χ3n) is 7.57. The maximum atomic E-state index is 6.24. The van der Waals surface area contributed by atoms with E-state index in [0.29, 0.717) is 11.5 Å². The van der Waals surface area contributed by atoms with E-state index in [1.165, 1.54) is 50.5 Å². The van der Waals surface area contributed by atoms with Crippen molar-refractivity contribution in [1.82, 2.24) is 0 Å². The molecule has 2 saturated carbocycles. The van der Waals surface area contributed by atoms with Crippen molar-refractivity contribution < 1.29 is 9.47 Å². The van der Waals surface area contributed by atoms with E-state index in [2.05, 4.69) is 31.7 Å². The van der Waals surface area contributed by atoms with Gasteiger partial charge >= 0.3 is 0 Å². The van der Waals surface area contributed by atoms with Crippen LogP contribution in [0.1, 0.15) is 69.4 Å². The Morgan fingerprint density at radius 1 is 1.24 bits per heavy atom. The highest BCUT2D eigenvalue weighted by atomic mass is 16.5. The zero-order valence-corrected chi connectivity index (χ0v) is 16.0. The first-order valence-electron chi connectivity index (χ1n) is 10.1. The Bertz CT molecular complexity index is 664. The second-order valence-electron chi connectivity index (χ2n) is 8.49. The van der Waals surface area contributed by atoms with Gasteiger partial charge in [0.25, 0.3) is 0 Å². The predicted octanol–water partition coefficient (Wildman–Crippen LogP) is 5.86. The highest BCUT2D eigenvalue weighted by Crippen LogP contribution is 2.63. The molecule has 0 amide bonds. The largest absolute Gasteiger partial charge is 0.497 e. The zero-order chi connectivity index (χ0) is 17.6. The molecule has 25 heavy (non-hydrogen) atoms. The molecule has 0 saturated heterocycles. The van der Waals surface area contributed by atoms with E-state index >= 15 is 0 Å². The van der Waals surface area contributed by atoms with Crippen LogP contribution in [0.25, 0.3) is 0 Å². The fourth-order valence-corrected chi connectivity index (χ4v) is 6.53. The average Bonchev–Trinajstić information content (AvgIpc) is 2.99. The van der Waals surface area contributed by atoms with Crippen LogP contribution in [0.4, 0.5) is 0 Å². The minimum Gasteiger partial charge on any atom is -0.497 e. The van der Waals surface area contributed by atoms with E-state index in [0.717, 1.165) is 29.3 Å². The maximum Gasteiger partial charge on any atom is 0.119 e. The lowest BCUT2D eigenvalue weighted by Gasteiger charge is -2.52. The van der Waals surface area contributed by atoms with Crippen molar-refractivity contribution in [3.05, 3.63) is 41.7 Å². The lowest BCUT2D eigenvalue weighted by Crippen LogP contribution is -2.46. The second kappa shape index (κ2) is 6.37. The Morgan fingerprint density at radius 3 is 2.80 bits per heavy atom. The molecule has 4 rings (SSSR count). The summed E-state index contributed by atoms with van der Waals surface area (Å²) in [5.74, 6) is 4.28. The van der Waals surface area contributed by atoms with Crippen molar-refractivity contribution in [3.63, 3.8) is 0 Å². The van der Waals surface area contributed by atoms with E-state index < -0.39 is 0 Å². The zero-order valence-electron chi connectivity index (χ0n) is 16.0. The van der Waals surface area contributed by atoms with Gasteiger partial charge in [-0.15, -0.1) is 0 Å². The molecule has 3 aliphatic carbocycles. The third-order valence-corrected chi connectivity index (χ3v) is 7.57. The Hall–Kier alpha value is -1.44. The van der Waals surface area contributed by atoms with Crippen LogP contribution in [0.5, 0.6) is 5.75 Å². The molecule has 136 valence electrons. The molecule has 0 aromatic heterocycles. The molecule has 0 heterocycles. The van der Waals surface area contributed by atoms with Crippen molar-refractivity contribution in [3.8, 4) is 5.75 Å². The van der Waals surface area contributed by atoms with Gasteiger partial charge in [0.05, 0.1) is 12.9 Å². The predicted molar refractivity (Wildman–Crippen MR) is 102 cm³/mol. The van der Waals surface area contributed by atoms with E-state index in [1.807, 2.05) is 6.92 Å². The van der Waals surface area contributed by atoms with Gasteiger partial charge in [0.2, 0.25) is 0 Å². The molecule has 1 aromatic carbocycles. The number of hydrogen-bond acceptors (Lipinski definition) is 2. The molecule has 5 atom stereocenters. The molecule has 2 nitrogen and oxygen atoms in total. The summed E-state index contributed by atoms with van der Waals surface area (Å²) in [7, 11) is 1.77. The molecule has 0 aliphatic heterocycles. The average molecular weight is 341 g/mol. The number of allylic oxidation sites excluding steroid dienone is 1. The summed E-state index contributed by atoms with van der Waals surface area (Å²) in [5, 5.41) is 0. The molecule has 0 N–H and O–H groups in total. The number of hydrogen-bond donors (Lipinski definition) is 0. The molecule has 3 aliphatic rings. The minimum absolute atomic E-state index is 0.379. The number of fused-ring (bicyclic) bond motifs is 5. The molecule has 0 spiro atoms. The van der Waals surface area contributed by atoms with Crippen LogP contribution in [-0.4, -0.2) is 13.2 Å². The standard InChI is InChI=1S/C23H32O2/c1-5-23-13-12-19-18-9-7-17(24-4)14-16(18)6-8-20(19)21(23)10-11-22(23)25-15(2)3/h7,9,14,19-22H,2,5-6,8,10-13H2,1,3-4H3/t19-,20-,21+,22?,23+/m1/s1. The van der Waals surface area contributed by atoms with Crippen molar-refractivity contribution >= 4 is 0 Å². The first-order chi connectivity index (χ1) is 12.1.